The molecule has 21 heteroatoms. The van der Waals surface area contributed by atoms with Gasteiger partial charge in [0.1, 0.15) is 36.6 Å². The maximum absolute atomic E-state index is 13.3. The van der Waals surface area contributed by atoms with E-state index in [4.69, 9.17) is 23.8 Å². The van der Waals surface area contributed by atoms with Gasteiger partial charge in [0.25, 0.3) is 11.8 Å². The summed E-state index contributed by atoms with van der Waals surface area (Å²) in [6.07, 6.45) is -12.6. The van der Waals surface area contributed by atoms with Crippen molar-refractivity contribution in [2.24, 2.45) is 11.8 Å². The quantitative estimate of drug-likeness (QED) is 0.0542. The molecule has 4 saturated heterocycles. The van der Waals surface area contributed by atoms with Gasteiger partial charge in [-0.2, -0.15) is 0 Å². The summed E-state index contributed by atoms with van der Waals surface area (Å²) in [6.45, 7) is 2.57. The summed E-state index contributed by atoms with van der Waals surface area (Å²) in [5.41, 5.74) is 0. The predicted octanol–water partition coefficient (Wildman–Crippen LogP) is -4.46. The number of piperidine rings is 1. The predicted molar refractivity (Wildman–Crippen MR) is 176 cm³/mol. The van der Waals surface area contributed by atoms with Crippen LogP contribution in [0.2, 0.25) is 0 Å². The van der Waals surface area contributed by atoms with Crippen LogP contribution in [-0.4, -0.2) is 177 Å². The van der Waals surface area contributed by atoms with Crippen LogP contribution in [0.5, 0.6) is 0 Å². The lowest BCUT2D eigenvalue weighted by atomic mass is 9.87. The molecule has 4 heterocycles. The monoisotopic (exact) mass is 776 g/mol. The smallest absolute Gasteiger partial charge is 0.333 e. The van der Waals surface area contributed by atoms with Crippen molar-refractivity contribution in [3.05, 3.63) is 0 Å². The van der Waals surface area contributed by atoms with Crippen molar-refractivity contribution in [1.82, 2.24) is 20.6 Å². The molecule has 4 aliphatic rings. The number of carbonyl (C=O) groups excluding carboxylic acids is 6. The molecule has 0 aromatic heterocycles. The lowest BCUT2D eigenvalue weighted by Gasteiger charge is -2.39. The van der Waals surface area contributed by atoms with Gasteiger partial charge >= 0.3 is 5.97 Å². The molecule has 21 nitrogen and oxygen atoms in total. The maximum atomic E-state index is 13.3. The highest BCUT2D eigenvalue weighted by molar-refractivity contribution is 6.01. The zero-order chi connectivity index (χ0) is 39.7. The number of ether oxygens (including phenoxy) is 4. The van der Waals surface area contributed by atoms with E-state index >= 15 is 0 Å². The van der Waals surface area contributed by atoms with Gasteiger partial charge in [-0.1, -0.05) is 0 Å². The molecule has 0 aliphatic carbocycles. The first kappa shape index (κ1) is 43.3. The second-order valence-corrected chi connectivity index (χ2v) is 13.9. The highest BCUT2D eigenvalue weighted by Crippen LogP contribution is 2.25. The van der Waals surface area contributed by atoms with Crippen LogP contribution in [0.1, 0.15) is 58.8 Å². The number of rotatable bonds is 16. The fraction of sp³-hybridized carbons (Fsp3) is 0.818. The van der Waals surface area contributed by atoms with E-state index in [1.807, 2.05) is 0 Å². The molecule has 306 valence electrons. The van der Waals surface area contributed by atoms with Crippen molar-refractivity contribution >= 4 is 35.5 Å². The van der Waals surface area contributed by atoms with E-state index in [9.17, 15) is 59.4 Å². The van der Waals surface area contributed by atoms with E-state index < -0.39 is 103 Å². The second-order valence-electron chi connectivity index (χ2n) is 13.9. The van der Waals surface area contributed by atoms with Gasteiger partial charge in [0.15, 0.2) is 12.6 Å². The van der Waals surface area contributed by atoms with Crippen molar-refractivity contribution < 1.29 is 83.2 Å². The third-order valence-electron chi connectivity index (χ3n) is 9.75. The zero-order valence-electron chi connectivity index (χ0n) is 30.2. The first-order valence-corrected chi connectivity index (χ1v) is 18.1. The Morgan fingerprint density at radius 2 is 1.13 bits per heavy atom. The molecule has 0 aromatic carbocycles. The van der Waals surface area contributed by atoms with E-state index in [2.05, 4.69) is 10.6 Å². The highest BCUT2D eigenvalue weighted by atomic mass is 16.7. The minimum absolute atomic E-state index is 0.0189. The zero-order valence-corrected chi connectivity index (χ0v) is 30.2. The number of aliphatic hydroxyl groups is 6. The van der Waals surface area contributed by atoms with Crippen molar-refractivity contribution in [2.45, 2.75) is 120 Å². The first-order chi connectivity index (χ1) is 25.6. The molecule has 0 bridgehead atoms. The summed E-state index contributed by atoms with van der Waals surface area (Å²) >= 11 is 0. The Labute approximate surface area is 310 Å². The van der Waals surface area contributed by atoms with Crippen molar-refractivity contribution in [3.8, 4) is 0 Å². The van der Waals surface area contributed by atoms with Crippen LogP contribution in [-0.2, 0) is 52.6 Å². The van der Waals surface area contributed by atoms with Gasteiger partial charge in [-0.05, 0) is 33.1 Å². The van der Waals surface area contributed by atoms with E-state index in [-0.39, 0.29) is 90.2 Å². The largest absolute Gasteiger partial charge is 0.388 e. The molecule has 8 N–H and O–H groups in total. The van der Waals surface area contributed by atoms with E-state index in [1.165, 1.54) is 18.7 Å². The molecule has 4 rings (SSSR count). The number of unbranched alkanes of at least 4 members (excludes halogenated alkanes) is 1. The summed E-state index contributed by atoms with van der Waals surface area (Å²) in [4.78, 5) is 81.5. The SMILES string of the molecule is C[C@@H]1O[C@@H](OCCNC(=O)[C@@H]2C[C@H](C(=O)NCCO[C@@H]3O[C@@H](C)[C@@H](O)[C@@H](O)[C@@H]3O)CN(C(=O)CCCCC(=O)ON3C(=O)CCC3=O)C2)[C@@H](O)[C@H](O)[C@@H]1O. The van der Waals surface area contributed by atoms with Gasteiger partial charge in [-0.15, -0.1) is 5.06 Å². The molecule has 0 saturated carbocycles. The van der Waals surface area contributed by atoms with E-state index in [0.717, 1.165) is 0 Å². The molecule has 0 aromatic rings. The molecule has 54 heavy (non-hydrogen) atoms. The molecule has 12 atom stereocenters. The number of hydrogen-bond acceptors (Lipinski definition) is 17. The minimum Gasteiger partial charge on any atom is -0.388 e. The summed E-state index contributed by atoms with van der Waals surface area (Å²) in [6, 6.07) is 0. The number of hydrogen-bond donors (Lipinski definition) is 8. The molecule has 0 unspecified atom stereocenters. The van der Waals surface area contributed by atoms with Crippen LogP contribution in [0.15, 0.2) is 0 Å². The summed E-state index contributed by atoms with van der Waals surface area (Å²) in [7, 11) is 0. The number of imide groups is 1. The molecule has 0 radical (unpaired) electrons. The van der Waals surface area contributed by atoms with Crippen LogP contribution in [0.4, 0.5) is 0 Å². The van der Waals surface area contributed by atoms with Gasteiger partial charge in [-0.25, -0.2) is 4.79 Å². The molecular weight excluding hydrogens is 724 g/mol. The second kappa shape index (κ2) is 20.0. The number of nitrogens with zero attached hydrogens (tertiary/aromatic N) is 2. The molecule has 4 aliphatic heterocycles. The Hall–Kier alpha value is -3.38. The van der Waals surface area contributed by atoms with Crippen LogP contribution in [0, 0.1) is 11.8 Å². The standard InChI is InChI=1S/C33H52N4O17/c1-16-24(42)26(44)28(46)32(52-16)50-11-9-34-30(48)18-13-19(31(49)35-10-12-51-33-29(47)27(45)25(43)17(2)53-33)15-36(14-18)20(38)5-3-4-6-23(41)54-37-21(39)7-8-22(37)40/h16-19,24-29,32-33,42-47H,3-15H2,1-2H3,(H,34,48)(H,35,49)/t16-,17-,18-,19+,24+,25+,26+,27+,28-,29-,32+,33+/m0/s1. The van der Waals surface area contributed by atoms with Crippen LogP contribution >= 0.6 is 0 Å². The number of nitrogens with one attached hydrogen (secondary N) is 2. The molecule has 4 fully saturated rings. The van der Waals surface area contributed by atoms with Crippen LogP contribution in [0.3, 0.4) is 0 Å². The van der Waals surface area contributed by atoms with Crippen molar-refractivity contribution in [1.29, 1.82) is 0 Å². The van der Waals surface area contributed by atoms with Gasteiger partial charge in [0, 0.05) is 51.9 Å². The topological polar surface area (TPSA) is 300 Å². The van der Waals surface area contributed by atoms with Gasteiger partial charge in [0.2, 0.25) is 17.7 Å². The Morgan fingerprint density at radius 3 is 1.59 bits per heavy atom. The summed E-state index contributed by atoms with van der Waals surface area (Å²) < 4.78 is 21.7. The fourth-order valence-corrected chi connectivity index (χ4v) is 6.48. The normalized spacial score (nSPS) is 34.4. The van der Waals surface area contributed by atoms with E-state index in [1.54, 1.807) is 0 Å². The van der Waals surface area contributed by atoms with Gasteiger partial charge < -0.3 is 70.0 Å². The van der Waals surface area contributed by atoms with Crippen molar-refractivity contribution in [3.63, 3.8) is 0 Å². The maximum Gasteiger partial charge on any atom is 0.333 e. The van der Waals surface area contributed by atoms with Crippen LogP contribution in [0.25, 0.3) is 0 Å². The highest BCUT2D eigenvalue weighted by Gasteiger charge is 2.44. The number of hydroxylamine groups is 2. The number of likely N-dealkylation sites (tertiary alicyclic amines) is 1. The Morgan fingerprint density at radius 1 is 0.685 bits per heavy atom. The van der Waals surface area contributed by atoms with Crippen molar-refractivity contribution in [2.75, 3.05) is 39.4 Å². The number of carbonyl (C=O) groups is 6. The fourth-order valence-electron chi connectivity index (χ4n) is 6.48. The average Bonchev–Trinajstić information content (AvgIpc) is 3.47. The number of aliphatic hydroxyl groups excluding tert-OH is 6. The lowest BCUT2D eigenvalue weighted by molar-refractivity contribution is -0.292. The molecular formula is C33H52N4O17. The third kappa shape index (κ3) is 11.3. The Bertz CT molecular complexity index is 1260. The Kier molecular flexibility index (Phi) is 16.0. The van der Waals surface area contributed by atoms with Gasteiger partial charge in [0.05, 0.1) is 37.3 Å². The summed E-state index contributed by atoms with van der Waals surface area (Å²) in [5, 5.41) is 65.8. The van der Waals surface area contributed by atoms with Crippen LogP contribution < -0.4 is 10.6 Å². The minimum atomic E-state index is -1.53. The number of amides is 5. The van der Waals surface area contributed by atoms with Gasteiger partial charge in [-0.3, -0.25) is 24.0 Å². The third-order valence-corrected chi connectivity index (χ3v) is 9.75. The van der Waals surface area contributed by atoms with E-state index in [0.29, 0.717) is 5.06 Å². The first-order valence-electron chi connectivity index (χ1n) is 18.1. The lowest BCUT2D eigenvalue weighted by Crippen LogP contribution is -2.57. The average molecular weight is 777 g/mol. The summed E-state index contributed by atoms with van der Waals surface area (Å²) in [5.74, 6) is -5.02. The molecule has 0 spiro atoms. The molecule has 5 amide bonds. The Balaban J connectivity index is 1.28.